The number of benzene rings is 3. The highest BCUT2D eigenvalue weighted by molar-refractivity contribution is 7.99. The SMILES string of the molecule is COc1ccc(-c2oc3ccc(CC(=O)N4CCN(Cc5ccccc5)CC4)cc3c2SC)cc1OC. The second-order valence-corrected chi connectivity index (χ2v) is 10.0. The van der Waals surface area contributed by atoms with Gasteiger partial charge in [0.25, 0.3) is 0 Å². The molecule has 1 aliphatic rings. The molecule has 0 N–H and O–H groups in total. The average molecular weight is 517 g/mol. The van der Waals surface area contributed by atoms with Crippen LogP contribution in [-0.4, -0.2) is 62.4 Å². The van der Waals surface area contributed by atoms with E-state index in [-0.39, 0.29) is 5.91 Å². The lowest BCUT2D eigenvalue weighted by Gasteiger charge is -2.34. The van der Waals surface area contributed by atoms with Gasteiger partial charge in [0.2, 0.25) is 5.91 Å². The zero-order chi connectivity index (χ0) is 25.8. The molecular formula is C30H32N2O4S. The van der Waals surface area contributed by atoms with E-state index in [1.807, 2.05) is 47.6 Å². The monoisotopic (exact) mass is 516 g/mol. The number of ether oxygens (including phenoxy) is 2. The van der Waals surface area contributed by atoms with Crippen LogP contribution in [0.25, 0.3) is 22.3 Å². The molecule has 0 bridgehead atoms. The molecule has 192 valence electrons. The Kier molecular flexibility index (Phi) is 7.72. The van der Waals surface area contributed by atoms with Gasteiger partial charge in [0.15, 0.2) is 11.5 Å². The van der Waals surface area contributed by atoms with Crippen LogP contribution >= 0.6 is 11.8 Å². The fraction of sp³-hybridized carbons (Fsp3) is 0.300. The summed E-state index contributed by atoms with van der Waals surface area (Å²) in [5.41, 5.74) is 4.04. The van der Waals surface area contributed by atoms with Gasteiger partial charge in [-0.3, -0.25) is 9.69 Å². The maximum Gasteiger partial charge on any atom is 0.227 e. The van der Waals surface area contributed by atoms with E-state index in [2.05, 4.69) is 35.2 Å². The van der Waals surface area contributed by atoms with E-state index in [1.165, 1.54) is 5.56 Å². The van der Waals surface area contributed by atoms with Crippen molar-refractivity contribution >= 4 is 28.6 Å². The predicted octanol–water partition coefficient (Wildman–Crippen LogP) is 5.73. The summed E-state index contributed by atoms with van der Waals surface area (Å²) >= 11 is 1.64. The summed E-state index contributed by atoms with van der Waals surface area (Å²) in [7, 11) is 3.25. The second kappa shape index (κ2) is 11.3. The molecule has 4 aromatic rings. The van der Waals surface area contributed by atoms with Crippen LogP contribution < -0.4 is 9.47 Å². The van der Waals surface area contributed by atoms with E-state index in [9.17, 15) is 4.79 Å². The van der Waals surface area contributed by atoms with E-state index in [0.29, 0.717) is 17.9 Å². The molecule has 0 unspecified atom stereocenters. The molecule has 0 aliphatic carbocycles. The Balaban J connectivity index is 1.29. The van der Waals surface area contributed by atoms with Gasteiger partial charge in [-0.05, 0) is 47.7 Å². The third-order valence-corrected chi connectivity index (χ3v) is 7.70. The van der Waals surface area contributed by atoms with Crippen molar-refractivity contribution in [1.82, 2.24) is 9.80 Å². The van der Waals surface area contributed by atoms with Crippen LogP contribution in [0.1, 0.15) is 11.1 Å². The molecule has 2 heterocycles. The minimum Gasteiger partial charge on any atom is -0.493 e. The number of rotatable bonds is 8. The Hall–Kier alpha value is -3.42. The Morgan fingerprint density at radius 1 is 0.892 bits per heavy atom. The normalized spacial score (nSPS) is 14.2. The van der Waals surface area contributed by atoms with E-state index in [1.54, 1.807) is 26.0 Å². The molecule has 3 aromatic carbocycles. The maximum atomic E-state index is 13.1. The Morgan fingerprint density at radius 3 is 2.35 bits per heavy atom. The summed E-state index contributed by atoms with van der Waals surface area (Å²) in [4.78, 5) is 18.6. The number of thioether (sulfide) groups is 1. The fourth-order valence-corrected chi connectivity index (χ4v) is 5.61. The average Bonchev–Trinajstić information content (AvgIpc) is 3.31. The van der Waals surface area contributed by atoms with Crippen LogP contribution in [0.15, 0.2) is 76.0 Å². The van der Waals surface area contributed by atoms with Gasteiger partial charge in [-0.15, -0.1) is 11.8 Å². The molecule has 0 spiro atoms. The Bertz CT molecular complexity index is 1380. The molecule has 0 atom stereocenters. The van der Waals surface area contributed by atoms with Gasteiger partial charge in [0, 0.05) is 43.7 Å². The van der Waals surface area contributed by atoms with Crippen molar-refractivity contribution in [3.05, 3.63) is 77.9 Å². The number of piperazine rings is 1. The maximum absolute atomic E-state index is 13.1. The summed E-state index contributed by atoms with van der Waals surface area (Å²) < 4.78 is 17.1. The molecule has 1 aliphatic heterocycles. The Labute approximate surface area is 222 Å². The summed E-state index contributed by atoms with van der Waals surface area (Å²) in [6.07, 6.45) is 2.43. The summed E-state index contributed by atoms with van der Waals surface area (Å²) in [6.45, 7) is 4.25. The van der Waals surface area contributed by atoms with Gasteiger partial charge < -0.3 is 18.8 Å². The van der Waals surface area contributed by atoms with Crippen molar-refractivity contribution in [3.63, 3.8) is 0 Å². The highest BCUT2D eigenvalue weighted by Crippen LogP contribution is 2.42. The van der Waals surface area contributed by atoms with Crippen molar-refractivity contribution < 1.29 is 18.7 Å². The first-order chi connectivity index (χ1) is 18.1. The van der Waals surface area contributed by atoms with Gasteiger partial charge in [-0.2, -0.15) is 0 Å². The zero-order valence-corrected chi connectivity index (χ0v) is 22.3. The molecule has 6 nitrogen and oxygen atoms in total. The number of carbonyl (C=O) groups is 1. The number of hydrogen-bond donors (Lipinski definition) is 0. The minimum atomic E-state index is 0.174. The molecule has 0 radical (unpaired) electrons. The topological polar surface area (TPSA) is 55.2 Å². The third-order valence-electron chi connectivity index (χ3n) is 6.89. The van der Waals surface area contributed by atoms with Crippen molar-refractivity contribution in [2.75, 3.05) is 46.7 Å². The molecule has 1 saturated heterocycles. The van der Waals surface area contributed by atoms with Crippen molar-refractivity contribution in [3.8, 4) is 22.8 Å². The number of nitrogens with zero attached hydrogens (tertiary/aromatic N) is 2. The number of carbonyl (C=O) groups excluding carboxylic acids is 1. The molecule has 1 fully saturated rings. The number of methoxy groups -OCH3 is 2. The van der Waals surface area contributed by atoms with Crippen LogP contribution in [0, 0.1) is 0 Å². The lowest BCUT2D eigenvalue weighted by atomic mass is 10.1. The Morgan fingerprint density at radius 2 is 1.65 bits per heavy atom. The van der Waals surface area contributed by atoms with Crippen LogP contribution in [0.5, 0.6) is 11.5 Å². The summed E-state index contributed by atoms with van der Waals surface area (Å²) in [5.74, 6) is 2.30. The molecule has 1 amide bonds. The number of amides is 1. The molecule has 1 aromatic heterocycles. The van der Waals surface area contributed by atoms with E-state index in [4.69, 9.17) is 13.9 Å². The molecule has 7 heteroatoms. The van der Waals surface area contributed by atoms with Crippen LogP contribution in [0.2, 0.25) is 0 Å². The second-order valence-electron chi connectivity index (χ2n) is 9.18. The largest absolute Gasteiger partial charge is 0.493 e. The number of hydrogen-bond acceptors (Lipinski definition) is 6. The van der Waals surface area contributed by atoms with E-state index >= 15 is 0 Å². The smallest absolute Gasteiger partial charge is 0.227 e. The molecule has 37 heavy (non-hydrogen) atoms. The third kappa shape index (κ3) is 5.48. The van der Waals surface area contributed by atoms with Crippen molar-refractivity contribution in [2.45, 2.75) is 17.9 Å². The summed E-state index contributed by atoms with van der Waals surface area (Å²) in [5, 5.41) is 1.02. The van der Waals surface area contributed by atoms with Gasteiger partial charge in [-0.1, -0.05) is 36.4 Å². The van der Waals surface area contributed by atoms with Gasteiger partial charge in [-0.25, -0.2) is 0 Å². The first-order valence-electron chi connectivity index (χ1n) is 12.5. The van der Waals surface area contributed by atoms with Crippen LogP contribution in [0.4, 0.5) is 0 Å². The summed E-state index contributed by atoms with van der Waals surface area (Å²) in [6, 6.07) is 22.4. The lowest BCUT2D eigenvalue weighted by Crippen LogP contribution is -2.48. The van der Waals surface area contributed by atoms with Crippen LogP contribution in [0.3, 0.4) is 0 Å². The van der Waals surface area contributed by atoms with Crippen LogP contribution in [-0.2, 0) is 17.8 Å². The standard InChI is InChI=1S/C30H32N2O4S/c1-34-26-12-10-23(19-27(26)35-2)29-30(37-3)24-17-22(9-11-25(24)36-29)18-28(33)32-15-13-31(14-16-32)20-21-7-5-4-6-8-21/h4-12,17,19H,13-16,18,20H2,1-3H3. The van der Waals surface area contributed by atoms with Crippen molar-refractivity contribution in [1.29, 1.82) is 0 Å². The van der Waals surface area contributed by atoms with Gasteiger partial charge in [0.05, 0.1) is 25.5 Å². The molecule has 0 saturated carbocycles. The number of furan rings is 1. The zero-order valence-electron chi connectivity index (χ0n) is 21.5. The quantitative estimate of drug-likeness (QED) is 0.279. The molecule has 5 rings (SSSR count). The van der Waals surface area contributed by atoms with E-state index < -0.39 is 0 Å². The van der Waals surface area contributed by atoms with Crippen molar-refractivity contribution in [2.24, 2.45) is 0 Å². The highest BCUT2D eigenvalue weighted by Gasteiger charge is 2.22. The highest BCUT2D eigenvalue weighted by atomic mass is 32.2. The predicted molar refractivity (Wildman–Crippen MR) is 149 cm³/mol. The van der Waals surface area contributed by atoms with E-state index in [0.717, 1.165) is 65.5 Å². The minimum absolute atomic E-state index is 0.174. The first-order valence-corrected chi connectivity index (χ1v) is 13.7. The lowest BCUT2D eigenvalue weighted by molar-refractivity contribution is -0.132. The fourth-order valence-electron chi connectivity index (χ4n) is 4.89. The van der Waals surface area contributed by atoms with Gasteiger partial charge in [0.1, 0.15) is 11.3 Å². The first kappa shape index (κ1) is 25.2. The van der Waals surface area contributed by atoms with Gasteiger partial charge >= 0.3 is 0 Å². The molecular weight excluding hydrogens is 484 g/mol. The number of fused-ring (bicyclic) bond motifs is 1.